The monoisotopic (exact) mass is 391 g/mol. The molecule has 0 bridgehead atoms. The highest BCUT2D eigenvalue weighted by molar-refractivity contribution is 5.94. The zero-order valence-corrected chi connectivity index (χ0v) is 17.1. The van der Waals surface area contributed by atoms with Gasteiger partial charge in [-0.15, -0.1) is 0 Å². The minimum Gasteiger partial charge on any atom is -0.508 e. The van der Waals surface area contributed by atoms with Crippen LogP contribution in [0.15, 0.2) is 53.3 Å². The summed E-state index contributed by atoms with van der Waals surface area (Å²) in [5.41, 5.74) is 3.50. The zero-order valence-electron chi connectivity index (χ0n) is 17.1. The van der Waals surface area contributed by atoms with Crippen molar-refractivity contribution in [2.75, 3.05) is 13.6 Å². The van der Waals surface area contributed by atoms with Crippen LogP contribution in [-0.2, 0) is 0 Å². The van der Waals surface area contributed by atoms with Crippen LogP contribution < -0.4 is 5.69 Å². The average Bonchev–Trinajstić information content (AvgIpc) is 2.68. The summed E-state index contributed by atoms with van der Waals surface area (Å²) in [5, 5.41) is 9.72. The van der Waals surface area contributed by atoms with E-state index in [0.717, 1.165) is 11.1 Å². The molecule has 0 saturated carbocycles. The number of H-pyrrole nitrogens is 1. The molecule has 1 aromatic heterocycles. The van der Waals surface area contributed by atoms with Gasteiger partial charge < -0.3 is 15.0 Å². The first-order valence-corrected chi connectivity index (χ1v) is 9.52. The molecule has 2 N–H and O–H groups in total. The summed E-state index contributed by atoms with van der Waals surface area (Å²) in [6.45, 7) is 6.62. The number of hydrogen-bond acceptors (Lipinski definition) is 4. The fraction of sp³-hybridized carbons (Fsp3) is 0.261. The Labute approximate surface area is 169 Å². The number of aromatic nitrogens is 2. The van der Waals surface area contributed by atoms with E-state index in [1.165, 1.54) is 0 Å². The molecule has 0 fully saturated rings. The van der Waals surface area contributed by atoms with E-state index in [1.807, 2.05) is 12.1 Å². The van der Waals surface area contributed by atoms with Crippen LogP contribution in [0.5, 0.6) is 5.75 Å². The molecule has 0 radical (unpaired) electrons. The number of carbonyl (C=O) groups is 1. The van der Waals surface area contributed by atoms with Crippen molar-refractivity contribution >= 4 is 5.91 Å². The first kappa shape index (κ1) is 20.3. The number of rotatable bonds is 5. The number of amides is 1. The molecule has 0 unspecified atom stereocenters. The Morgan fingerprint density at radius 1 is 1.10 bits per heavy atom. The van der Waals surface area contributed by atoms with Gasteiger partial charge in [-0.05, 0) is 60.4 Å². The molecule has 0 spiro atoms. The van der Waals surface area contributed by atoms with Gasteiger partial charge in [0.1, 0.15) is 5.75 Å². The van der Waals surface area contributed by atoms with Gasteiger partial charge in [0.05, 0.1) is 11.4 Å². The number of phenolic OH excluding ortho intramolecular Hbond substituents is 1. The molecule has 29 heavy (non-hydrogen) atoms. The van der Waals surface area contributed by atoms with Gasteiger partial charge in [0.15, 0.2) is 0 Å². The van der Waals surface area contributed by atoms with E-state index in [0.29, 0.717) is 35.0 Å². The van der Waals surface area contributed by atoms with Crippen molar-refractivity contribution in [2.45, 2.75) is 20.8 Å². The number of hydrogen-bond donors (Lipinski definition) is 2. The van der Waals surface area contributed by atoms with Gasteiger partial charge in [-0.3, -0.25) is 4.79 Å². The van der Waals surface area contributed by atoms with Crippen molar-refractivity contribution in [1.29, 1.82) is 0 Å². The quantitative estimate of drug-likeness (QED) is 0.692. The van der Waals surface area contributed by atoms with Crippen LogP contribution >= 0.6 is 0 Å². The fourth-order valence-corrected chi connectivity index (χ4v) is 3.22. The highest BCUT2D eigenvalue weighted by atomic mass is 16.3. The van der Waals surface area contributed by atoms with E-state index in [-0.39, 0.29) is 11.7 Å². The molecule has 6 heteroatoms. The molecule has 3 rings (SSSR count). The topological polar surface area (TPSA) is 86.3 Å². The van der Waals surface area contributed by atoms with Crippen molar-refractivity contribution in [3.63, 3.8) is 0 Å². The van der Waals surface area contributed by atoms with Gasteiger partial charge in [-0.1, -0.05) is 26.0 Å². The minimum absolute atomic E-state index is 0.0336. The molecule has 3 aromatic rings. The summed E-state index contributed by atoms with van der Waals surface area (Å²) in [4.78, 5) is 33.1. The van der Waals surface area contributed by atoms with E-state index in [4.69, 9.17) is 0 Å². The van der Waals surface area contributed by atoms with Gasteiger partial charge in [0, 0.05) is 24.7 Å². The lowest BCUT2D eigenvalue weighted by Crippen LogP contribution is -2.30. The third-order valence-electron chi connectivity index (χ3n) is 4.67. The SMILES string of the molecule is Cc1cc(-c2cc(-c3ccc(C(=O)N(C)CC(C)C)cc3)[nH]c(=O)n2)ccc1O. The maximum absolute atomic E-state index is 12.5. The van der Waals surface area contributed by atoms with Crippen LogP contribution in [0, 0.1) is 12.8 Å². The van der Waals surface area contributed by atoms with Crippen molar-refractivity contribution < 1.29 is 9.90 Å². The maximum Gasteiger partial charge on any atom is 0.345 e. The molecule has 150 valence electrons. The maximum atomic E-state index is 12.5. The molecule has 1 amide bonds. The number of carbonyl (C=O) groups excluding carboxylic acids is 1. The smallest absolute Gasteiger partial charge is 0.345 e. The lowest BCUT2D eigenvalue weighted by atomic mass is 10.0. The van der Waals surface area contributed by atoms with Crippen molar-refractivity contribution in [3.8, 4) is 28.3 Å². The summed E-state index contributed by atoms with van der Waals surface area (Å²) in [5.74, 6) is 0.558. The number of benzene rings is 2. The summed E-state index contributed by atoms with van der Waals surface area (Å²) in [7, 11) is 1.79. The Hall–Kier alpha value is -3.41. The Kier molecular flexibility index (Phi) is 5.82. The molecule has 6 nitrogen and oxygen atoms in total. The van der Waals surface area contributed by atoms with Crippen LogP contribution in [0.2, 0.25) is 0 Å². The van der Waals surface area contributed by atoms with Crippen LogP contribution in [0.1, 0.15) is 29.8 Å². The normalized spacial score (nSPS) is 10.9. The lowest BCUT2D eigenvalue weighted by Gasteiger charge is -2.19. The fourth-order valence-electron chi connectivity index (χ4n) is 3.22. The van der Waals surface area contributed by atoms with Crippen LogP contribution in [-0.4, -0.2) is 39.5 Å². The largest absolute Gasteiger partial charge is 0.508 e. The Morgan fingerprint density at radius 2 is 1.76 bits per heavy atom. The van der Waals surface area contributed by atoms with Gasteiger partial charge in [-0.25, -0.2) is 4.79 Å². The van der Waals surface area contributed by atoms with Gasteiger partial charge >= 0.3 is 5.69 Å². The second-order valence-electron chi connectivity index (χ2n) is 7.64. The van der Waals surface area contributed by atoms with Crippen LogP contribution in [0.3, 0.4) is 0 Å². The summed E-state index contributed by atoms with van der Waals surface area (Å²) >= 11 is 0. The van der Waals surface area contributed by atoms with Crippen molar-refractivity contribution in [3.05, 3.63) is 70.1 Å². The number of aryl methyl sites for hydroxylation is 1. The van der Waals surface area contributed by atoms with E-state index < -0.39 is 5.69 Å². The van der Waals surface area contributed by atoms with Gasteiger partial charge in [0.25, 0.3) is 5.91 Å². The molecule has 0 saturated heterocycles. The number of nitrogens with zero attached hydrogens (tertiary/aromatic N) is 2. The average molecular weight is 391 g/mol. The first-order chi connectivity index (χ1) is 13.7. The standard InChI is InChI=1S/C23H25N3O3/c1-14(2)13-26(4)22(28)17-7-5-16(6-8-17)19-12-20(25-23(29)24-19)18-9-10-21(27)15(3)11-18/h5-12,14,27H,13H2,1-4H3,(H,24,25,29). The number of aromatic hydroxyl groups is 1. The van der Waals surface area contributed by atoms with E-state index >= 15 is 0 Å². The Morgan fingerprint density at radius 3 is 2.38 bits per heavy atom. The first-order valence-electron chi connectivity index (χ1n) is 9.52. The van der Waals surface area contributed by atoms with E-state index in [2.05, 4.69) is 23.8 Å². The molecule has 0 aliphatic heterocycles. The molecular weight excluding hydrogens is 366 g/mol. The second-order valence-corrected chi connectivity index (χ2v) is 7.64. The number of nitrogens with one attached hydrogen (secondary N) is 1. The highest BCUT2D eigenvalue weighted by Crippen LogP contribution is 2.26. The van der Waals surface area contributed by atoms with Crippen molar-refractivity contribution in [2.24, 2.45) is 5.92 Å². The lowest BCUT2D eigenvalue weighted by molar-refractivity contribution is 0.0779. The third kappa shape index (κ3) is 4.71. The molecule has 0 atom stereocenters. The van der Waals surface area contributed by atoms with Crippen molar-refractivity contribution in [1.82, 2.24) is 14.9 Å². The minimum atomic E-state index is -0.458. The van der Waals surface area contributed by atoms with Crippen LogP contribution in [0.25, 0.3) is 22.5 Å². The summed E-state index contributed by atoms with van der Waals surface area (Å²) in [6.07, 6.45) is 0. The van der Waals surface area contributed by atoms with Crippen LogP contribution in [0.4, 0.5) is 0 Å². The zero-order chi connectivity index (χ0) is 21.1. The molecule has 0 aliphatic rings. The molecule has 0 aliphatic carbocycles. The number of aromatic amines is 1. The third-order valence-corrected chi connectivity index (χ3v) is 4.67. The second kappa shape index (κ2) is 8.31. The predicted molar refractivity (Wildman–Crippen MR) is 114 cm³/mol. The molecule has 1 heterocycles. The number of phenols is 1. The summed E-state index contributed by atoms with van der Waals surface area (Å²) in [6, 6.07) is 14.0. The summed E-state index contributed by atoms with van der Waals surface area (Å²) < 4.78 is 0. The molecular formula is C23H25N3O3. The Bertz CT molecular complexity index is 1090. The van der Waals surface area contributed by atoms with Gasteiger partial charge in [-0.2, -0.15) is 4.98 Å². The molecule has 2 aromatic carbocycles. The van der Waals surface area contributed by atoms with E-state index in [1.54, 1.807) is 55.3 Å². The predicted octanol–water partition coefficient (Wildman–Crippen LogP) is 3.85. The van der Waals surface area contributed by atoms with Gasteiger partial charge in [0.2, 0.25) is 0 Å². The van der Waals surface area contributed by atoms with E-state index in [9.17, 15) is 14.7 Å². The highest BCUT2D eigenvalue weighted by Gasteiger charge is 2.13. The Balaban J connectivity index is 1.91.